The lowest BCUT2D eigenvalue weighted by Crippen LogP contribution is -2.29. The van der Waals surface area contributed by atoms with E-state index in [1.165, 1.54) is 18.2 Å². The largest absolute Gasteiger partial charge is 0.573 e. The molecule has 1 aromatic carbocycles. The number of alkyl halides is 3. The Morgan fingerprint density at radius 2 is 2.05 bits per heavy atom. The van der Waals surface area contributed by atoms with Crippen LogP contribution in [0.3, 0.4) is 0 Å². The average molecular weight is 297 g/mol. The summed E-state index contributed by atoms with van der Waals surface area (Å²) in [4.78, 5) is 3.98. The smallest absolute Gasteiger partial charge is 0.406 e. The minimum Gasteiger partial charge on any atom is -0.406 e. The zero-order valence-electron chi connectivity index (χ0n) is 11.2. The molecule has 112 valence electrons. The van der Waals surface area contributed by atoms with Crippen LogP contribution in [0, 0.1) is 6.92 Å². The maximum absolute atomic E-state index is 12.3. The number of aromatic nitrogens is 1. The third kappa shape index (κ3) is 3.93. The standard InChI is InChI=1S/C14H14F3N3O/c1-9-8-19-6-5-12(9)13(20-18)10-3-2-4-11(7-10)21-14(15,16)17/h2-8,13,20H,18H2,1H3. The molecule has 2 aromatic rings. The van der Waals surface area contributed by atoms with E-state index >= 15 is 0 Å². The Labute approximate surface area is 119 Å². The number of hydrogen-bond acceptors (Lipinski definition) is 4. The highest BCUT2D eigenvalue weighted by Gasteiger charge is 2.31. The Morgan fingerprint density at radius 1 is 1.29 bits per heavy atom. The van der Waals surface area contributed by atoms with Crippen molar-refractivity contribution in [2.45, 2.75) is 19.3 Å². The third-order valence-corrected chi connectivity index (χ3v) is 2.97. The van der Waals surface area contributed by atoms with Gasteiger partial charge in [0, 0.05) is 12.4 Å². The van der Waals surface area contributed by atoms with Crippen molar-refractivity contribution in [1.29, 1.82) is 0 Å². The van der Waals surface area contributed by atoms with Crippen molar-refractivity contribution in [2.24, 2.45) is 5.84 Å². The first kappa shape index (κ1) is 15.3. The summed E-state index contributed by atoms with van der Waals surface area (Å²) in [6.45, 7) is 1.85. The van der Waals surface area contributed by atoms with E-state index in [0.29, 0.717) is 5.56 Å². The summed E-state index contributed by atoms with van der Waals surface area (Å²) in [5, 5.41) is 0. The predicted octanol–water partition coefficient (Wildman–Crippen LogP) is 2.84. The molecule has 1 unspecified atom stereocenters. The van der Waals surface area contributed by atoms with Crippen molar-refractivity contribution in [2.75, 3.05) is 0 Å². The normalized spacial score (nSPS) is 13.0. The molecule has 0 amide bonds. The molecule has 21 heavy (non-hydrogen) atoms. The molecule has 0 aliphatic rings. The summed E-state index contributed by atoms with van der Waals surface area (Å²) in [6.07, 6.45) is -1.46. The Bertz CT molecular complexity index is 616. The maximum Gasteiger partial charge on any atom is 0.573 e. The SMILES string of the molecule is Cc1cnccc1C(NN)c1cccc(OC(F)(F)F)c1. The summed E-state index contributed by atoms with van der Waals surface area (Å²) >= 11 is 0. The zero-order chi connectivity index (χ0) is 15.5. The lowest BCUT2D eigenvalue weighted by atomic mass is 9.97. The van der Waals surface area contributed by atoms with Crippen LogP contribution >= 0.6 is 0 Å². The highest BCUT2D eigenvalue weighted by Crippen LogP contribution is 2.28. The number of hydrazine groups is 1. The number of ether oxygens (including phenoxy) is 1. The minimum atomic E-state index is -4.73. The summed E-state index contributed by atoms with van der Waals surface area (Å²) in [6, 6.07) is 7.01. The molecule has 1 aromatic heterocycles. The number of halogens is 3. The second-order valence-corrected chi connectivity index (χ2v) is 4.45. The Morgan fingerprint density at radius 3 is 2.67 bits per heavy atom. The van der Waals surface area contributed by atoms with E-state index in [1.807, 2.05) is 6.92 Å². The van der Waals surface area contributed by atoms with Crippen molar-refractivity contribution < 1.29 is 17.9 Å². The molecule has 1 atom stereocenters. The number of nitrogens with one attached hydrogen (secondary N) is 1. The quantitative estimate of drug-likeness (QED) is 0.673. The van der Waals surface area contributed by atoms with E-state index in [9.17, 15) is 13.2 Å². The van der Waals surface area contributed by atoms with Crippen molar-refractivity contribution >= 4 is 0 Å². The first-order chi connectivity index (χ1) is 9.90. The number of rotatable bonds is 4. The second kappa shape index (κ2) is 6.11. The van der Waals surface area contributed by atoms with Crippen LogP contribution in [0.15, 0.2) is 42.7 Å². The summed E-state index contributed by atoms with van der Waals surface area (Å²) in [5.41, 5.74) is 4.87. The van der Waals surface area contributed by atoms with Gasteiger partial charge in [0.2, 0.25) is 0 Å². The Hall–Kier alpha value is -2.12. The fourth-order valence-corrected chi connectivity index (χ4v) is 2.06. The van der Waals surface area contributed by atoms with Crippen LogP contribution in [0.4, 0.5) is 13.2 Å². The van der Waals surface area contributed by atoms with Crippen LogP contribution in [-0.4, -0.2) is 11.3 Å². The lowest BCUT2D eigenvalue weighted by Gasteiger charge is -2.19. The second-order valence-electron chi connectivity index (χ2n) is 4.45. The van der Waals surface area contributed by atoms with E-state index in [1.54, 1.807) is 24.5 Å². The number of pyridine rings is 1. The van der Waals surface area contributed by atoms with Crippen LogP contribution in [-0.2, 0) is 0 Å². The molecule has 0 aliphatic heterocycles. The topological polar surface area (TPSA) is 60.2 Å². The van der Waals surface area contributed by atoms with Gasteiger partial charge in [-0.15, -0.1) is 13.2 Å². The van der Waals surface area contributed by atoms with Crippen molar-refractivity contribution in [1.82, 2.24) is 10.4 Å². The molecule has 0 bridgehead atoms. The van der Waals surface area contributed by atoms with Gasteiger partial charge in [-0.05, 0) is 41.8 Å². The number of benzene rings is 1. The fourth-order valence-electron chi connectivity index (χ4n) is 2.06. The van der Waals surface area contributed by atoms with E-state index in [4.69, 9.17) is 5.84 Å². The molecule has 7 heteroatoms. The monoisotopic (exact) mass is 297 g/mol. The highest BCUT2D eigenvalue weighted by atomic mass is 19.4. The van der Waals surface area contributed by atoms with Gasteiger partial charge in [-0.2, -0.15) is 0 Å². The summed E-state index contributed by atoms with van der Waals surface area (Å²) < 4.78 is 40.7. The molecule has 0 spiro atoms. The van der Waals surface area contributed by atoms with E-state index in [-0.39, 0.29) is 5.75 Å². The van der Waals surface area contributed by atoms with Crippen LogP contribution in [0.2, 0.25) is 0 Å². The molecule has 2 rings (SSSR count). The molecule has 1 heterocycles. The average Bonchev–Trinajstić information content (AvgIpc) is 2.40. The Balaban J connectivity index is 2.35. The van der Waals surface area contributed by atoms with Gasteiger partial charge < -0.3 is 4.74 Å². The van der Waals surface area contributed by atoms with Crippen LogP contribution < -0.4 is 16.0 Å². The molecule has 0 aliphatic carbocycles. The van der Waals surface area contributed by atoms with Gasteiger partial charge in [-0.1, -0.05) is 12.1 Å². The van der Waals surface area contributed by atoms with E-state index in [0.717, 1.165) is 11.1 Å². The maximum atomic E-state index is 12.3. The first-order valence-electron chi connectivity index (χ1n) is 6.13. The minimum absolute atomic E-state index is 0.285. The van der Waals surface area contributed by atoms with Gasteiger partial charge >= 0.3 is 6.36 Å². The molecular formula is C14H14F3N3O. The molecule has 4 nitrogen and oxygen atoms in total. The first-order valence-corrected chi connectivity index (χ1v) is 6.13. The van der Waals surface area contributed by atoms with Gasteiger partial charge in [0.25, 0.3) is 0 Å². The van der Waals surface area contributed by atoms with Gasteiger partial charge in [0.1, 0.15) is 5.75 Å². The molecular weight excluding hydrogens is 283 g/mol. The summed E-state index contributed by atoms with van der Waals surface area (Å²) in [5.74, 6) is 5.26. The fraction of sp³-hybridized carbons (Fsp3) is 0.214. The van der Waals surface area contributed by atoms with Crippen molar-refractivity contribution in [3.05, 3.63) is 59.4 Å². The summed E-state index contributed by atoms with van der Waals surface area (Å²) in [7, 11) is 0. The van der Waals surface area contributed by atoms with Crippen LogP contribution in [0.1, 0.15) is 22.7 Å². The van der Waals surface area contributed by atoms with Crippen LogP contribution in [0.5, 0.6) is 5.75 Å². The van der Waals surface area contributed by atoms with Crippen molar-refractivity contribution in [3.63, 3.8) is 0 Å². The van der Waals surface area contributed by atoms with Gasteiger partial charge in [0.05, 0.1) is 6.04 Å². The van der Waals surface area contributed by atoms with E-state index < -0.39 is 12.4 Å². The molecule has 3 N–H and O–H groups in total. The zero-order valence-corrected chi connectivity index (χ0v) is 11.2. The number of nitrogens with two attached hydrogens (primary N) is 1. The molecule has 0 saturated heterocycles. The highest BCUT2D eigenvalue weighted by molar-refractivity contribution is 5.38. The third-order valence-electron chi connectivity index (χ3n) is 2.97. The van der Waals surface area contributed by atoms with Gasteiger partial charge in [-0.3, -0.25) is 10.8 Å². The number of hydrogen-bond donors (Lipinski definition) is 2. The molecule has 0 radical (unpaired) electrons. The van der Waals surface area contributed by atoms with Gasteiger partial charge in [-0.25, -0.2) is 5.43 Å². The number of aryl methyl sites for hydroxylation is 1. The Kier molecular flexibility index (Phi) is 4.44. The molecule has 0 saturated carbocycles. The van der Waals surface area contributed by atoms with Gasteiger partial charge in [0.15, 0.2) is 0 Å². The lowest BCUT2D eigenvalue weighted by molar-refractivity contribution is -0.274. The van der Waals surface area contributed by atoms with Crippen LogP contribution in [0.25, 0.3) is 0 Å². The number of nitrogens with zero attached hydrogens (tertiary/aromatic N) is 1. The predicted molar refractivity (Wildman–Crippen MR) is 71.3 cm³/mol. The van der Waals surface area contributed by atoms with Crippen molar-refractivity contribution in [3.8, 4) is 5.75 Å². The molecule has 0 fully saturated rings. The van der Waals surface area contributed by atoms with E-state index in [2.05, 4.69) is 15.1 Å².